The highest BCUT2D eigenvalue weighted by molar-refractivity contribution is 7.88. The molecule has 0 fully saturated rings. The van der Waals surface area contributed by atoms with Crippen LogP contribution in [0.15, 0.2) is 5.51 Å². The third kappa shape index (κ3) is 3.22. The van der Waals surface area contributed by atoms with Crippen LogP contribution in [0.5, 0.6) is 0 Å². The van der Waals surface area contributed by atoms with E-state index in [9.17, 15) is 8.42 Å². The van der Waals surface area contributed by atoms with Gasteiger partial charge in [-0.1, -0.05) is 18.5 Å². The minimum Gasteiger partial charge on any atom is -0.247 e. The van der Waals surface area contributed by atoms with Gasteiger partial charge < -0.3 is 0 Å². The van der Waals surface area contributed by atoms with Gasteiger partial charge in [-0.05, 0) is 0 Å². The van der Waals surface area contributed by atoms with Gasteiger partial charge in [0.25, 0.3) is 0 Å². The lowest BCUT2D eigenvalue weighted by Gasteiger charge is -2.01. The molecule has 0 aromatic carbocycles. The van der Waals surface area contributed by atoms with Crippen LogP contribution >= 0.6 is 22.9 Å². The van der Waals surface area contributed by atoms with Crippen LogP contribution in [0.4, 0.5) is 0 Å². The molecule has 0 spiro atoms. The van der Waals surface area contributed by atoms with Gasteiger partial charge in [0, 0.05) is 6.54 Å². The first-order chi connectivity index (χ1) is 6.05. The van der Waals surface area contributed by atoms with Gasteiger partial charge in [0.15, 0.2) is 0 Å². The molecule has 1 aromatic heterocycles. The zero-order valence-corrected chi connectivity index (χ0v) is 9.34. The summed E-state index contributed by atoms with van der Waals surface area (Å²) in [7, 11) is -3.27. The van der Waals surface area contributed by atoms with Crippen LogP contribution in [0.2, 0.25) is 4.34 Å². The molecular weight excluding hydrogens is 232 g/mol. The lowest BCUT2D eigenvalue weighted by Crippen LogP contribution is -2.24. The maximum atomic E-state index is 11.2. The number of thiazole rings is 1. The standard InChI is InChI=1S/C6H9ClN2O2S2/c1-2-9-13(10,11)3-5-6(7)12-4-8-5/h4,9H,2-3H2,1H3. The molecule has 1 aromatic rings. The van der Waals surface area contributed by atoms with Crippen LogP contribution < -0.4 is 4.72 Å². The van der Waals surface area contributed by atoms with Crippen molar-refractivity contribution in [3.05, 3.63) is 15.5 Å². The Balaban J connectivity index is 2.75. The van der Waals surface area contributed by atoms with Crippen molar-refractivity contribution in [3.8, 4) is 0 Å². The van der Waals surface area contributed by atoms with E-state index in [0.717, 1.165) is 0 Å². The van der Waals surface area contributed by atoms with Crippen molar-refractivity contribution >= 4 is 33.0 Å². The molecule has 0 aliphatic rings. The minimum atomic E-state index is -3.27. The van der Waals surface area contributed by atoms with E-state index >= 15 is 0 Å². The predicted molar refractivity (Wildman–Crippen MR) is 53.4 cm³/mol. The smallest absolute Gasteiger partial charge is 0.217 e. The van der Waals surface area contributed by atoms with Crippen molar-refractivity contribution < 1.29 is 8.42 Å². The Hall–Kier alpha value is -0.170. The quantitative estimate of drug-likeness (QED) is 0.862. The Kier molecular flexibility index (Phi) is 3.66. The van der Waals surface area contributed by atoms with Crippen molar-refractivity contribution in [3.63, 3.8) is 0 Å². The predicted octanol–water partition coefficient (Wildman–Crippen LogP) is 1.24. The van der Waals surface area contributed by atoms with E-state index < -0.39 is 10.0 Å². The van der Waals surface area contributed by atoms with E-state index in [1.807, 2.05) is 0 Å². The van der Waals surface area contributed by atoms with E-state index in [2.05, 4.69) is 9.71 Å². The fraction of sp³-hybridized carbons (Fsp3) is 0.500. The maximum Gasteiger partial charge on any atom is 0.217 e. The van der Waals surface area contributed by atoms with E-state index in [-0.39, 0.29) is 5.75 Å². The normalized spacial score (nSPS) is 11.8. The highest BCUT2D eigenvalue weighted by Crippen LogP contribution is 2.21. The second kappa shape index (κ2) is 4.36. The molecule has 0 radical (unpaired) electrons. The number of hydrogen-bond donors (Lipinski definition) is 1. The molecule has 1 N–H and O–H groups in total. The van der Waals surface area contributed by atoms with Crippen LogP contribution in [0.3, 0.4) is 0 Å². The fourth-order valence-electron chi connectivity index (χ4n) is 0.800. The number of hydrogen-bond acceptors (Lipinski definition) is 4. The highest BCUT2D eigenvalue weighted by Gasteiger charge is 2.14. The molecular formula is C6H9ClN2O2S2. The number of aromatic nitrogens is 1. The van der Waals surface area contributed by atoms with Crippen molar-refractivity contribution in [2.24, 2.45) is 0 Å². The van der Waals surface area contributed by atoms with E-state index in [1.54, 1.807) is 6.92 Å². The van der Waals surface area contributed by atoms with Gasteiger partial charge in [0.05, 0.1) is 11.2 Å². The summed E-state index contributed by atoms with van der Waals surface area (Å²) in [5.74, 6) is -0.150. The monoisotopic (exact) mass is 240 g/mol. The first kappa shape index (κ1) is 10.9. The van der Waals surface area contributed by atoms with Gasteiger partial charge in [-0.2, -0.15) is 0 Å². The Morgan fingerprint density at radius 3 is 2.85 bits per heavy atom. The van der Waals surface area contributed by atoms with E-state index in [4.69, 9.17) is 11.6 Å². The lowest BCUT2D eigenvalue weighted by molar-refractivity contribution is 0.582. The van der Waals surface area contributed by atoms with Gasteiger partial charge in [0.2, 0.25) is 10.0 Å². The molecule has 4 nitrogen and oxygen atoms in total. The second-order valence-corrected chi connectivity index (χ2v) is 5.59. The molecule has 0 unspecified atom stereocenters. The second-order valence-electron chi connectivity index (χ2n) is 2.33. The van der Waals surface area contributed by atoms with Crippen LogP contribution in [-0.4, -0.2) is 19.9 Å². The molecule has 74 valence electrons. The minimum absolute atomic E-state index is 0.150. The molecule has 0 saturated carbocycles. The molecule has 1 heterocycles. The van der Waals surface area contributed by atoms with Crippen molar-refractivity contribution in [2.45, 2.75) is 12.7 Å². The summed E-state index contributed by atoms with van der Waals surface area (Å²) < 4.78 is 25.3. The van der Waals surface area contributed by atoms with Crippen LogP contribution in [0.1, 0.15) is 12.6 Å². The number of sulfonamides is 1. The lowest BCUT2D eigenvalue weighted by atomic mass is 10.6. The Morgan fingerprint density at radius 2 is 2.38 bits per heavy atom. The largest absolute Gasteiger partial charge is 0.247 e. The van der Waals surface area contributed by atoms with Gasteiger partial charge >= 0.3 is 0 Å². The fourth-order valence-corrected chi connectivity index (χ4v) is 2.86. The van der Waals surface area contributed by atoms with Crippen LogP contribution in [0.25, 0.3) is 0 Å². The summed E-state index contributed by atoms with van der Waals surface area (Å²) in [6.07, 6.45) is 0. The summed E-state index contributed by atoms with van der Waals surface area (Å²) in [6, 6.07) is 0. The van der Waals surface area contributed by atoms with Gasteiger partial charge in [-0.25, -0.2) is 18.1 Å². The third-order valence-electron chi connectivity index (χ3n) is 1.28. The molecule has 7 heteroatoms. The topological polar surface area (TPSA) is 59.1 Å². The Labute approximate surface area is 86.0 Å². The zero-order chi connectivity index (χ0) is 9.90. The van der Waals surface area contributed by atoms with Gasteiger partial charge in [-0.3, -0.25) is 0 Å². The van der Waals surface area contributed by atoms with E-state index in [1.165, 1.54) is 16.8 Å². The summed E-state index contributed by atoms with van der Waals surface area (Å²) in [5, 5.41) is 0. The van der Waals surface area contributed by atoms with E-state index in [0.29, 0.717) is 16.6 Å². The SMILES string of the molecule is CCNS(=O)(=O)Cc1ncsc1Cl. The molecule has 0 aliphatic carbocycles. The van der Waals surface area contributed by atoms with Crippen molar-refractivity contribution in [1.29, 1.82) is 0 Å². The molecule has 0 bridgehead atoms. The first-order valence-corrected chi connectivity index (χ1v) is 6.51. The Morgan fingerprint density at radius 1 is 1.69 bits per heavy atom. The maximum absolute atomic E-state index is 11.2. The van der Waals surface area contributed by atoms with Crippen molar-refractivity contribution in [1.82, 2.24) is 9.71 Å². The summed E-state index contributed by atoms with van der Waals surface area (Å²) >= 11 is 6.94. The van der Waals surface area contributed by atoms with Gasteiger partial charge in [-0.15, -0.1) is 11.3 Å². The molecule has 1 rings (SSSR count). The molecule has 0 amide bonds. The van der Waals surface area contributed by atoms with Crippen molar-refractivity contribution in [2.75, 3.05) is 6.54 Å². The van der Waals surface area contributed by atoms with Gasteiger partial charge in [0.1, 0.15) is 10.1 Å². The molecule has 13 heavy (non-hydrogen) atoms. The Bertz CT molecular complexity index is 374. The number of nitrogens with one attached hydrogen (secondary N) is 1. The number of halogens is 1. The highest BCUT2D eigenvalue weighted by atomic mass is 35.5. The summed E-state index contributed by atoms with van der Waals surface area (Å²) in [4.78, 5) is 3.85. The third-order valence-corrected chi connectivity index (χ3v) is 3.80. The summed E-state index contributed by atoms with van der Waals surface area (Å²) in [6.45, 7) is 2.10. The van der Waals surface area contributed by atoms with Crippen LogP contribution in [-0.2, 0) is 15.8 Å². The van der Waals surface area contributed by atoms with Crippen LogP contribution in [0, 0.1) is 0 Å². The number of nitrogens with zero attached hydrogens (tertiary/aromatic N) is 1. The molecule has 0 atom stereocenters. The number of rotatable bonds is 4. The average molecular weight is 241 g/mol. The molecule has 0 aliphatic heterocycles. The summed E-state index contributed by atoms with van der Waals surface area (Å²) in [5.41, 5.74) is 1.94. The zero-order valence-electron chi connectivity index (χ0n) is 6.95. The first-order valence-electron chi connectivity index (χ1n) is 3.60. The molecule has 0 saturated heterocycles. The average Bonchev–Trinajstić information content (AvgIpc) is 2.35.